The molecule has 0 bridgehead atoms. The van der Waals surface area contributed by atoms with Gasteiger partial charge in [0, 0.05) is 63.2 Å². The minimum atomic E-state index is -0.411. The number of hydrogen-bond acceptors (Lipinski definition) is 10. The Morgan fingerprint density at radius 2 is 0.913 bits per heavy atom. The Kier molecular flexibility index (Phi) is 13.9. The molecule has 0 fully saturated rings. The van der Waals surface area contributed by atoms with E-state index in [1.54, 1.807) is 24.3 Å². The average Bonchev–Trinajstić information content (AvgIpc) is 3.04. The Labute approximate surface area is 274 Å². The predicted octanol–water partition coefficient (Wildman–Crippen LogP) is 2.51. The molecule has 0 atom stereocenters. The van der Waals surface area contributed by atoms with Gasteiger partial charge in [-0.25, -0.2) is 0 Å². The third-order valence-corrected chi connectivity index (χ3v) is 8.53. The number of aromatic nitrogens is 2. The van der Waals surface area contributed by atoms with Gasteiger partial charge in [0.2, 0.25) is 11.8 Å². The Balaban J connectivity index is 2.22. The summed E-state index contributed by atoms with van der Waals surface area (Å²) in [4.78, 5) is 67.5. The van der Waals surface area contributed by atoms with Crippen molar-refractivity contribution < 1.29 is 19.2 Å². The second-order valence-corrected chi connectivity index (χ2v) is 12.1. The summed E-state index contributed by atoms with van der Waals surface area (Å²) in [6.07, 6.45) is 0.426. The summed E-state index contributed by atoms with van der Waals surface area (Å²) in [5.74, 6) is -1.13. The van der Waals surface area contributed by atoms with E-state index in [0.717, 1.165) is 26.2 Å². The molecule has 0 saturated carbocycles. The van der Waals surface area contributed by atoms with Crippen molar-refractivity contribution in [3.8, 4) is 0 Å². The van der Waals surface area contributed by atoms with E-state index in [0.29, 0.717) is 26.2 Å². The van der Waals surface area contributed by atoms with Gasteiger partial charge in [-0.2, -0.15) is 0 Å². The van der Waals surface area contributed by atoms with Crippen LogP contribution >= 0.6 is 0 Å². The first kappa shape index (κ1) is 36.9. The fourth-order valence-electron chi connectivity index (χ4n) is 5.53. The van der Waals surface area contributed by atoms with Crippen molar-refractivity contribution in [2.24, 2.45) is 0 Å². The first-order valence-corrected chi connectivity index (χ1v) is 16.4. The molecule has 1 aliphatic carbocycles. The van der Waals surface area contributed by atoms with Crippen LogP contribution in [0.25, 0.3) is 0 Å². The lowest BCUT2D eigenvalue weighted by molar-refractivity contribution is -0.119. The van der Waals surface area contributed by atoms with E-state index < -0.39 is 11.6 Å². The molecule has 2 aromatic rings. The number of benzene rings is 1. The van der Waals surface area contributed by atoms with Crippen molar-refractivity contribution in [1.29, 1.82) is 0 Å². The third kappa shape index (κ3) is 8.81. The van der Waals surface area contributed by atoms with Gasteiger partial charge in [-0.3, -0.25) is 29.0 Å². The first-order chi connectivity index (χ1) is 22.0. The second kappa shape index (κ2) is 17.4. The molecule has 0 saturated heterocycles. The van der Waals surface area contributed by atoms with Crippen molar-refractivity contribution in [1.82, 2.24) is 29.8 Å². The summed E-state index contributed by atoms with van der Waals surface area (Å²) in [7, 11) is 7.61. The fourth-order valence-corrected chi connectivity index (χ4v) is 5.53. The molecule has 252 valence electrons. The molecule has 3 rings (SSSR count). The summed E-state index contributed by atoms with van der Waals surface area (Å²) in [5.41, 5.74) is 0.539. The molecular weight excluding hydrogens is 584 g/mol. The zero-order chi connectivity index (χ0) is 34.0. The number of nitrogens with zero attached hydrogens (tertiary/aromatic N) is 8. The monoisotopic (exact) mass is 636 g/mol. The van der Waals surface area contributed by atoms with E-state index in [4.69, 9.17) is 0 Å². The van der Waals surface area contributed by atoms with Gasteiger partial charge in [-0.1, -0.05) is 52.0 Å². The minimum absolute atomic E-state index is 0.0232. The van der Waals surface area contributed by atoms with Crippen molar-refractivity contribution in [3.05, 3.63) is 46.5 Å². The van der Waals surface area contributed by atoms with Crippen LogP contribution in [0.4, 0.5) is 11.6 Å². The quantitative estimate of drug-likeness (QED) is 0.206. The minimum Gasteiger partial charge on any atom is -0.308 e. The Hall–Kier alpha value is -3.58. The van der Waals surface area contributed by atoms with Crippen LogP contribution < -0.4 is 9.80 Å². The molecule has 1 aromatic carbocycles. The number of ketones is 2. The smallest absolute Gasteiger partial charge is 0.229 e. The topological polar surface area (TPSA) is 114 Å². The number of hydrogen-bond donors (Lipinski definition) is 0. The molecule has 0 unspecified atom stereocenters. The molecule has 0 aliphatic heterocycles. The van der Waals surface area contributed by atoms with Gasteiger partial charge in [-0.05, 0) is 54.4 Å². The van der Waals surface area contributed by atoms with Gasteiger partial charge in [0.25, 0.3) is 0 Å². The van der Waals surface area contributed by atoms with E-state index in [9.17, 15) is 19.2 Å². The Morgan fingerprint density at radius 1 is 0.565 bits per heavy atom. The predicted molar refractivity (Wildman–Crippen MR) is 182 cm³/mol. The number of fused-ring (bicyclic) bond motifs is 2. The van der Waals surface area contributed by atoms with E-state index >= 15 is 0 Å². The van der Waals surface area contributed by atoms with Gasteiger partial charge >= 0.3 is 0 Å². The maximum atomic E-state index is 14.3. The molecule has 1 aromatic heterocycles. The number of carbonyl (C=O) groups excluding carboxylic acids is 4. The highest BCUT2D eigenvalue weighted by molar-refractivity contribution is 6.32. The zero-order valence-electron chi connectivity index (χ0n) is 29.0. The van der Waals surface area contributed by atoms with Crippen LogP contribution in [-0.2, 0) is 9.59 Å². The first-order valence-electron chi connectivity index (χ1n) is 16.4. The number of anilines is 2. The summed E-state index contributed by atoms with van der Waals surface area (Å²) in [6, 6.07) is 6.66. The van der Waals surface area contributed by atoms with E-state index in [2.05, 4.69) is 20.0 Å². The lowest BCUT2D eigenvalue weighted by Gasteiger charge is -2.31. The van der Waals surface area contributed by atoms with Crippen LogP contribution in [0, 0.1) is 0 Å². The van der Waals surface area contributed by atoms with Crippen molar-refractivity contribution in [3.63, 3.8) is 0 Å². The fraction of sp³-hybridized carbons (Fsp3) is 0.588. The molecule has 1 aliphatic rings. The van der Waals surface area contributed by atoms with E-state index in [-0.39, 0.29) is 71.6 Å². The van der Waals surface area contributed by atoms with Gasteiger partial charge in [0.1, 0.15) is 0 Å². The molecule has 12 nitrogen and oxygen atoms in total. The summed E-state index contributed by atoms with van der Waals surface area (Å²) < 4.78 is 0. The Morgan fingerprint density at radius 3 is 1.22 bits per heavy atom. The van der Waals surface area contributed by atoms with Crippen LogP contribution in [-0.4, -0.2) is 147 Å². The Bertz CT molecular complexity index is 1270. The summed E-state index contributed by atoms with van der Waals surface area (Å²) in [5, 5.41) is 9.01. The zero-order valence-corrected chi connectivity index (χ0v) is 29.0. The number of carbonyl (C=O) groups is 4. The van der Waals surface area contributed by atoms with E-state index in [1.807, 2.05) is 65.7 Å². The summed E-state index contributed by atoms with van der Waals surface area (Å²) >= 11 is 0. The van der Waals surface area contributed by atoms with Crippen molar-refractivity contribution in [2.45, 2.75) is 40.5 Å². The maximum absolute atomic E-state index is 14.3. The lowest BCUT2D eigenvalue weighted by atomic mass is 9.84. The molecule has 2 amide bonds. The highest BCUT2D eigenvalue weighted by atomic mass is 16.2. The molecule has 12 heteroatoms. The van der Waals surface area contributed by atoms with E-state index in [1.165, 1.54) is 9.80 Å². The lowest BCUT2D eigenvalue weighted by Crippen LogP contribution is -2.43. The molecular formula is C34H52N8O4. The van der Waals surface area contributed by atoms with Crippen LogP contribution in [0.15, 0.2) is 24.3 Å². The van der Waals surface area contributed by atoms with Gasteiger partial charge in [0.15, 0.2) is 23.2 Å². The number of rotatable bonds is 18. The highest BCUT2D eigenvalue weighted by Gasteiger charge is 2.40. The molecule has 1 heterocycles. The SMILES string of the molecule is CCN(CC)CCC(=O)N(CCN(C)C)c1nnc(N(CCN(C)C)C(=O)CCN(CC)CC)c2c1C(=O)c1ccccc1C2=O. The average molecular weight is 637 g/mol. The largest absolute Gasteiger partial charge is 0.308 e. The number of likely N-dealkylation sites (N-methyl/N-ethyl adjacent to an activating group) is 2. The molecule has 0 radical (unpaired) electrons. The molecule has 0 spiro atoms. The third-order valence-electron chi connectivity index (χ3n) is 8.53. The number of amides is 2. The van der Waals surface area contributed by atoms with Crippen molar-refractivity contribution >= 4 is 35.0 Å². The van der Waals surface area contributed by atoms with Gasteiger partial charge in [0.05, 0.1) is 11.1 Å². The summed E-state index contributed by atoms with van der Waals surface area (Å²) in [6.45, 7) is 14.0. The molecule has 0 N–H and O–H groups in total. The van der Waals surface area contributed by atoms with Crippen LogP contribution in [0.3, 0.4) is 0 Å². The van der Waals surface area contributed by atoms with Gasteiger partial charge in [-0.15, -0.1) is 10.2 Å². The second-order valence-electron chi connectivity index (χ2n) is 12.1. The van der Waals surface area contributed by atoms with Crippen LogP contribution in [0.2, 0.25) is 0 Å². The van der Waals surface area contributed by atoms with Crippen molar-refractivity contribution in [2.75, 3.05) is 103 Å². The maximum Gasteiger partial charge on any atom is 0.229 e. The normalized spacial score (nSPS) is 12.7. The van der Waals surface area contributed by atoms with Gasteiger partial charge < -0.3 is 19.6 Å². The van der Waals surface area contributed by atoms with Crippen LogP contribution in [0.1, 0.15) is 72.4 Å². The van der Waals surface area contributed by atoms with Crippen LogP contribution in [0.5, 0.6) is 0 Å². The highest BCUT2D eigenvalue weighted by Crippen LogP contribution is 2.37. The standard InChI is InChI=1S/C34H52N8O4/c1-9-39(10-2)19-17-27(43)41(23-21-37(5)6)33-29-30(32(46)26-16-14-13-15-25(26)31(29)45)34(36-35-33)42(24-22-38(7)8)28(44)18-20-40(11-3)12-4/h13-16H,9-12,17-24H2,1-8H3. The molecule has 46 heavy (non-hydrogen) atoms.